The van der Waals surface area contributed by atoms with E-state index in [0.29, 0.717) is 17.8 Å². The van der Waals surface area contributed by atoms with E-state index in [1.165, 1.54) is 0 Å². The van der Waals surface area contributed by atoms with Crippen LogP contribution >= 0.6 is 0 Å². The zero-order valence-corrected chi connectivity index (χ0v) is 12.4. The van der Waals surface area contributed by atoms with Gasteiger partial charge in [0.2, 0.25) is 11.7 Å². The van der Waals surface area contributed by atoms with Crippen LogP contribution in [0, 0.1) is 0 Å². The molecule has 0 aliphatic heterocycles. The Kier molecular flexibility index (Phi) is 4.74. The van der Waals surface area contributed by atoms with E-state index < -0.39 is 0 Å². The fourth-order valence-electron chi connectivity index (χ4n) is 2.34. The van der Waals surface area contributed by atoms with Gasteiger partial charge in [-0.05, 0) is 25.6 Å². The highest BCUT2D eigenvalue weighted by atomic mass is 16.5. The van der Waals surface area contributed by atoms with E-state index in [2.05, 4.69) is 29.3 Å². The Morgan fingerprint density at radius 3 is 2.75 bits per heavy atom. The average Bonchev–Trinajstić information content (AvgIpc) is 2.98. The number of benzene rings is 1. The lowest BCUT2D eigenvalue weighted by atomic mass is 10.00. The summed E-state index contributed by atoms with van der Waals surface area (Å²) < 4.78 is 10.7. The molecular weight excluding hydrogens is 254 g/mol. The largest absolute Gasteiger partial charge is 0.496 e. The van der Waals surface area contributed by atoms with Crippen molar-refractivity contribution in [3.05, 3.63) is 30.2 Å². The quantitative estimate of drug-likeness (QED) is 0.878. The molecule has 0 saturated carbocycles. The molecule has 1 N–H and O–H groups in total. The van der Waals surface area contributed by atoms with Gasteiger partial charge in [0.05, 0.1) is 18.6 Å². The Bertz CT molecular complexity index is 550. The zero-order chi connectivity index (χ0) is 14.5. The molecule has 2 aromatic rings. The predicted octanol–water partition coefficient (Wildman–Crippen LogP) is 2.85. The van der Waals surface area contributed by atoms with Gasteiger partial charge in [0.1, 0.15) is 5.75 Å². The van der Waals surface area contributed by atoms with Gasteiger partial charge in [-0.3, -0.25) is 0 Å². The average molecular weight is 275 g/mol. The number of nitrogens with one attached hydrogen (secondary N) is 1. The van der Waals surface area contributed by atoms with Crippen molar-refractivity contribution < 1.29 is 9.26 Å². The monoisotopic (exact) mass is 275 g/mol. The second kappa shape index (κ2) is 6.52. The first-order chi connectivity index (χ1) is 9.71. The number of nitrogens with zero attached hydrogens (tertiary/aromatic N) is 2. The number of aromatic nitrogens is 2. The van der Waals surface area contributed by atoms with E-state index in [1.807, 2.05) is 31.3 Å². The molecule has 1 aromatic heterocycles. The van der Waals surface area contributed by atoms with Crippen LogP contribution in [0.2, 0.25) is 0 Å². The van der Waals surface area contributed by atoms with E-state index in [1.54, 1.807) is 7.11 Å². The first kappa shape index (κ1) is 14.5. The topological polar surface area (TPSA) is 60.2 Å². The molecule has 5 heteroatoms. The maximum atomic E-state index is 5.41. The van der Waals surface area contributed by atoms with E-state index >= 15 is 0 Å². The number of hydrogen-bond acceptors (Lipinski definition) is 5. The summed E-state index contributed by atoms with van der Waals surface area (Å²) >= 11 is 0. The first-order valence-electron chi connectivity index (χ1n) is 6.85. The summed E-state index contributed by atoms with van der Waals surface area (Å²) in [5.41, 5.74) is 0.842. The SMILES string of the molecule is CCC(NC)C(C)c1nc(-c2ccccc2OC)no1. The summed E-state index contributed by atoms with van der Waals surface area (Å²) in [5, 5.41) is 7.34. The van der Waals surface area contributed by atoms with Gasteiger partial charge in [-0.15, -0.1) is 0 Å². The van der Waals surface area contributed by atoms with E-state index in [0.717, 1.165) is 17.7 Å². The maximum absolute atomic E-state index is 5.41. The molecule has 108 valence electrons. The minimum absolute atomic E-state index is 0.168. The standard InChI is InChI=1S/C15H21N3O2/c1-5-12(16-3)10(2)15-17-14(18-20-15)11-8-6-7-9-13(11)19-4/h6-10,12,16H,5H2,1-4H3. The molecule has 1 heterocycles. The van der Waals surface area contributed by atoms with Gasteiger partial charge in [0.15, 0.2) is 0 Å². The van der Waals surface area contributed by atoms with E-state index in [4.69, 9.17) is 9.26 Å². The van der Waals surface area contributed by atoms with Crippen molar-refractivity contribution >= 4 is 0 Å². The molecule has 1 aromatic carbocycles. The lowest BCUT2D eigenvalue weighted by Gasteiger charge is -2.18. The molecule has 0 aliphatic carbocycles. The maximum Gasteiger partial charge on any atom is 0.231 e. The zero-order valence-electron chi connectivity index (χ0n) is 12.4. The smallest absolute Gasteiger partial charge is 0.231 e. The van der Waals surface area contributed by atoms with Crippen molar-refractivity contribution in [3.63, 3.8) is 0 Å². The van der Waals surface area contributed by atoms with Gasteiger partial charge in [-0.25, -0.2) is 0 Å². The number of likely N-dealkylation sites (N-methyl/N-ethyl adjacent to an activating group) is 1. The third-order valence-electron chi connectivity index (χ3n) is 3.59. The van der Waals surface area contributed by atoms with Crippen LogP contribution < -0.4 is 10.1 Å². The second-order valence-corrected chi connectivity index (χ2v) is 4.75. The molecule has 0 fully saturated rings. The number of methoxy groups -OCH3 is 1. The molecule has 0 aliphatic rings. The molecule has 20 heavy (non-hydrogen) atoms. The van der Waals surface area contributed by atoms with E-state index in [9.17, 15) is 0 Å². The molecule has 2 rings (SSSR count). The van der Waals surface area contributed by atoms with E-state index in [-0.39, 0.29) is 5.92 Å². The fraction of sp³-hybridized carbons (Fsp3) is 0.467. The van der Waals surface area contributed by atoms with Crippen LogP contribution in [0.1, 0.15) is 32.1 Å². The number of ether oxygens (including phenoxy) is 1. The molecule has 0 radical (unpaired) electrons. The summed E-state index contributed by atoms with van der Waals surface area (Å²) in [7, 11) is 3.58. The first-order valence-corrected chi connectivity index (χ1v) is 6.85. The van der Waals surface area contributed by atoms with Crippen molar-refractivity contribution in [2.75, 3.05) is 14.2 Å². The van der Waals surface area contributed by atoms with Crippen molar-refractivity contribution in [1.82, 2.24) is 15.5 Å². The van der Waals surface area contributed by atoms with Gasteiger partial charge >= 0.3 is 0 Å². The highest BCUT2D eigenvalue weighted by Crippen LogP contribution is 2.29. The molecule has 0 spiro atoms. The highest BCUT2D eigenvalue weighted by molar-refractivity contribution is 5.63. The fourth-order valence-corrected chi connectivity index (χ4v) is 2.34. The normalized spacial score (nSPS) is 14.0. The van der Waals surface area contributed by atoms with Crippen LogP contribution in [0.3, 0.4) is 0 Å². The third kappa shape index (κ3) is 2.82. The summed E-state index contributed by atoms with van der Waals surface area (Å²) in [6.45, 7) is 4.22. The van der Waals surface area contributed by atoms with Crippen LogP contribution in [0.5, 0.6) is 5.75 Å². The molecule has 0 bridgehead atoms. The molecule has 5 nitrogen and oxygen atoms in total. The van der Waals surface area contributed by atoms with Gasteiger partial charge in [-0.1, -0.05) is 31.1 Å². The second-order valence-electron chi connectivity index (χ2n) is 4.75. The molecular formula is C15H21N3O2. The Morgan fingerprint density at radius 1 is 1.35 bits per heavy atom. The number of hydrogen-bond donors (Lipinski definition) is 1. The minimum atomic E-state index is 0.168. The van der Waals surface area contributed by atoms with Gasteiger partial charge in [0.25, 0.3) is 0 Å². The summed E-state index contributed by atoms with van der Waals surface area (Å²) in [5.74, 6) is 2.12. The van der Waals surface area contributed by atoms with Gasteiger partial charge in [-0.2, -0.15) is 4.98 Å². The Morgan fingerprint density at radius 2 is 2.10 bits per heavy atom. The summed E-state index contributed by atoms with van der Waals surface area (Å²) in [6, 6.07) is 7.98. The molecule has 2 unspecified atom stereocenters. The van der Waals surface area contributed by atoms with Crippen LogP contribution in [0.4, 0.5) is 0 Å². The lowest BCUT2D eigenvalue weighted by molar-refractivity contribution is 0.326. The summed E-state index contributed by atoms with van der Waals surface area (Å²) in [6.07, 6.45) is 1.00. The highest BCUT2D eigenvalue weighted by Gasteiger charge is 2.22. The summed E-state index contributed by atoms with van der Waals surface area (Å²) in [4.78, 5) is 4.51. The Labute approximate surface area is 119 Å². The van der Waals surface area contributed by atoms with Crippen LogP contribution in [0.25, 0.3) is 11.4 Å². The van der Waals surface area contributed by atoms with Crippen LogP contribution in [-0.4, -0.2) is 30.3 Å². The van der Waals surface area contributed by atoms with Crippen molar-refractivity contribution in [2.24, 2.45) is 0 Å². The van der Waals surface area contributed by atoms with Crippen molar-refractivity contribution in [1.29, 1.82) is 0 Å². The van der Waals surface area contributed by atoms with Crippen molar-refractivity contribution in [2.45, 2.75) is 32.2 Å². The number of para-hydroxylation sites is 1. The van der Waals surface area contributed by atoms with Crippen LogP contribution in [0.15, 0.2) is 28.8 Å². The Hall–Kier alpha value is -1.88. The number of rotatable bonds is 6. The molecule has 0 amide bonds. The van der Waals surface area contributed by atoms with Crippen molar-refractivity contribution in [3.8, 4) is 17.1 Å². The predicted molar refractivity (Wildman–Crippen MR) is 77.8 cm³/mol. The van der Waals surface area contributed by atoms with Gasteiger partial charge < -0.3 is 14.6 Å². The Balaban J connectivity index is 2.29. The van der Waals surface area contributed by atoms with Crippen LogP contribution in [-0.2, 0) is 0 Å². The van der Waals surface area contributed by atoms with Gasteiger partial charge in [0, 0.05) is 6.04 Å². The minimum Gasteiger partial charge on any atom is -0.496 e. The molecule has 0 saturated heterocycles. The third-order valence-corrected chi connectivity index (χ3v) is 3.59. The molecule has 2 atom stereocenters. The lowest BCUT2D eigenvalue weighted by Crippen LogP contribution is -2.30.